The Kier molecular flexibility index (Phi) is 9.41. The number of Topliss-reactive ketones (excluding diaryl/α,β-unsaturated/α-hetero) is 1. The van der Waals surface area contributed by atoms with E-state index in [1.807, 2.05) is 48.5 Å². The van der Waals surface area contributed by atoms with Crippen LogP contribution in [0.2, 0.25) is 0 Å². The average molecular weight is 505 g/mol. The summed E-state index contributed by atoms with van der Waals surface area (Å²) in [5.74, 6) is -0.542. The predicted molar refractivity (Wildman–Crippen MR) is 142 cm³/mol. The van der Waals surface area contributed by atoms with E-state index >= 15 is 0 Å². The Morgan fingerprint density at radius 2 is 1.64 bits per heavy atom. The van der Waals surface area contributed by atoms with E-state index in [1.54, 1.807) is 11.9 Å². The zero-order valence-corrected chi connectivity index (χ0v) is 23.7. The molecule has 2 fully saturated rings. The van der Waals surface area contributed by atoms with Gasteiger partial charge in [-0.2, -0.15) is 0 Å². The molecule has 36 heavy (non-hydrogen) atoms. The van der Waals surface area contributed by atoms with Crippen LogP contribution >= 0.6 is 0 Å². The Morgan fingerprint density at radius 1 is 1.06 bits per heavy atom. The van der Waals surface area contributed by atoms with Crippen molar-refractivity contribution in [1.82, 2.24) is 20.9 Å². The SMILES string of the molecule is C=C1CN(C(=O)[C@@H](NC(=O)NC2(CC(=O)C(C)(C)C)CCCCC2)C(C)(C)C)[C@H](C(=O)NC)[C@H]1CC. The number of hydrogen-bond acceptors (Lipinski definition) is 4. The molecule has 0 aromatic rings. The van der Waals surface area contributed by atoms with Gasteiger partial charge in [0.25, 0.3) is 0 Å². The smallest absolute Gasteiger partial charge is 0.315 e. The molecule has 0 bridgehead atoms. The Balaban J connectivity index is 2.28. The molecule has 0 aromatic carbocycles. The summed E-state index contributed by atoms with van der Waals surface area (Å²) in [4.78, 5) is 54.5. The number of carbonyl (C=O) groups excluding carboxylic acids is 4. The minimum Gasteiger partial charge on any atom is -0.357 e. The van der Waals surface area contributed by atoms with Gasteiger partial charge < -0.3 is 20.9 Å². The number of amides is 4. The molecule has 8 nitrogen and oxygen atoms in total. The van der Waals surface area contributed by atoms with E-state index in [9.17, 15) is 19.2 Å². The maximum Gasteiger partial charge on any atom is 0.315 e. The first-order valence-electron chi connectivity index (χ1n) is 13.4. The third-order valence-electron chi connectivity index (χ3n) is 7.77. The Morgan fingerprint density at radius 3 is 2.11 bits per heavy atom. The Bertz CT molecular complexity index is 862. The van der Waals surface area contributed by atoms with Crippen LogP contribution in [0, 0.1) is 16.7 Å². The molecule has 2 rings (SSSR count). The van der Waals surface area contributed by atoms with Gasteiger partial charge in [0, 0.05) is 36.9 Å². The van der Waals surface area contributed by atoms with E-state index in [4.69, 9.17) is 0 Å². The lowest BCUT2D eigenvalue weighted by atomic mass is 9.74. The van der Waals surface area contributed by atoms with Gasteiger partial charge in [-0.25, -0.2) is 4.79 Å². The summed E-state index contributed by atoms with van der Waals surface area (Å²) in [7, 11) is 1.56. The maximum absolute atomic E-state index is 13.9. The molecule has 3 atom stereocenters. The number of ketones is 1. The standard InChI is InChI=1S/C28H48N4O4/c1-10-19-18(2)17-32(21(19)23(34)29-9)24(35)22(27(6,7)8)30-25(36)31-28(14-12-11-13-15-28)16-20(33)26(3,4)5/h19,21-22H,2,10-17H2,1,3-9H3,(H,29,34)(H2,30,31,36)/t19-,21-,22+/m0/s1. The lowest BCUT2D eigenvalue weighted by Crippen LogP contribution is -2.62. The van der Waals surface area contributed by atoms with E-state index in [0.717, 1.165) is 37.7 Å². The van der Waals surface area contributed by atoms with Crippen LogP contribution in [0.5, 0.6) is 0 Å². The van der Waals surface area contributed by atoms with E-state index < -0.39 is 34.5 Å². The fraction of sp³-hybridized carbons (Fsp3) is 0.786. The van der Waals surface area contributed by atoms with Crippen molar-refractivity contribution in [3.63, 3.8) is 0 Å². The van der Waals surface area contributed by atoms with Gasteiger partial charge in [0.1, 0.15) is 17.9 Å². The number of urea groups is 1. The molecular formula is C28H48N4O4. The van der Waals surface area contributed by atoms with Gasteiger partial charge in [0.05, 0.1) is 0 Å². The molecule has 4 amide bonds. The monoisotopic (exact) mass is 504 g/mol. The van der Waals surface area contributed by atoms with Crippen molar-refractivity contribution < 1.29 is 19.2 Å². The first-order valence-corrected chi connectivity index (χ1v) is 13.4. The molecule has 204 valence electrons. The zero-order valence-electron chi connectivity index (χ0n) is 23.7. The van der Waals surface area contributed by atoms with E-state index in [0.29, 0.717) is 6.42 Å². The van der Waals surface area contributed by atoms with Crippen LogP contribution in [0.3, 0.4) is 0 Å². The highest BCUT2D eigenvalue weighted by atomic mass is 16.2. The molecule has 0 aromatic heterocycles. The molecule has 2 aliphatic rings. The van der Waals surface area contributed by atoms with Gasteiger partial charge in [0.15, 0.2) is 0 Å². The highest BCUT2D eigenvalue weighted by Gasteiger charge is 2.47. The van der Waals surface area contributed by atoms with Crippen LogP contribution in [0.15, 0.2) is 12.2 Å². The highest BCUT2D eigenvalue weighted by Crippen LogP contribution is 2.35. The summed E-state index contributed by atoms with van der Waals surface area (Å²) >= 11 is 0. The van der Waals surface area contributed by atoms with E-state index in [2.05, 4.69) is 22.5 Å². The van der Waals surface area contributed by atoms with E-state index in [-0.39, 0.29) is 36.5 Å². The Labute approximate surface area is 217 Å². The minimum atomic E-state index is -0.855. The fourth-order valence-electron chi connectivity index (χ4n) is 5.44. The zero-order chi connectivity index (χ0) is 27.5. The lowest BCUT2D eigenvalue weighted by molar-refractivity contribution is -0.142. The van der Waals surface area contributed by atoms with Crippen LogP contribution in [0.4, 0.5) is 4.79 Å². The molecule has 3 N–H and O–H groups in total. The second-order valence-corrected chi connectivity index (χ2v) is 12.8. The number of carbonyl (C=O) groups is 4. The van der Waals surface area contributed by atoms with E-state index in [1.165, 1.54) is 0 Å². The average Bonchev–Trinajstić information content (AvgIpc) is 3.11. The largest absolute Gasteiger partial charge is 0.357 e. The summed E-state index contributed by atoms with van der Waals surface area (Å²) in [5.41, 5.74) is -0.861. The summed E-state index contributed by atoms with van der Waals surface area (Å²) in [6, 6.07) is -1.95. The molecule has 1 heterocycles. The Hall–Kier alpha value is -2.38. The summed E-state index contributed by atoms with van der Waals surface area (Å²) in [6.45, 7) is 17.8. The fourth-order valence-corrected chi connectivity index (χ4v) is 5.44. The molecule has 0 radical (unpaired) electrons. The van der Waals surface area contributed by atoms with Crippen LogP contribution in [-0.4, -0.2) is 59.7 Å². The minimum absolute atomic E-state index is 0.114. The number of nitrogens with zero attached hydrogens (tertiary/aromatic N) is 1. The molecule has 1 aliphatic heterocycles. The molecule has 1 saturated carbocycles. The van der Waals surface area contributed by atoms with Gasteiger partial charge in [-0.05, 0) is 24.7 Å². The second-order valence-electron chi connectivity index (χ2n) is 12.8. The number of likely N-dealkylation sites (tertiary alicyclic amines) is 1. The van der Waals surface area contributed by atoms with Crippen LogP contribution < -0.4 is 16.0 Å². The highest BCUT2D eigenvalue weighted by molar-refractivity contribution is 5.94. The molecule has 0 unspecified atom stereocenters. The van der Waals surface area contributed by atoms with Crippen molar-refractivity contribution in [3.8, 4) is 0 Å². The summed E-state index contributed by atoms with van der Waals surface area (Å²) < 4.78 is 0. The van der Waals surface area contributed by atoms with Crippen LogP contribution in [-0.2, 0) is 14.4 Å². The van der Waals surface area contributed by atoms with Crippen molar-refractivity contribution in [2.75, 3.05) is 13.6 Å². The normalized spacial score (nSPS) is 23.1. The third kappa shape index (κ3) is 6.88. The van der Waals surface area contributed by atoms with Gasteiger partial charge in [-0.1, -0.05) is 79.9 Å². The van der Waals surface area contributed by atoms with Crippen molar-refractivity contribution in [2.45, 2.75) is 111 Å². The molecule has 0 spiro atoms. The van der Waals surface area contributed by atoms with Gasteiger partial charge in [-0.15, -0.1) is 0 Å². The number of likely N-dealkylation sites (N-methyl/N-ethyl adjacent to an activating group) is 1. The predicted octanol–water partition coefficient (Wildman–Crippen LogP) is 3.95. The molecule has 1 aliphatic carbocycles. The molecule has 1 saturated heterocycles. The number of nitrogens with one attached hydrogen (secondary N) is 3. The van der Waals surface area contributed by atoms with Gasteiger partial charge in [-0.3, -0.25) is 14.4 Å². The van der Waals surface area contributed by atoms with Gasteiger partial charge >= 0.3 is 6.03 Å². The van der Waals surface area contributed by atoms with Crippen LogP contribution in [0.1, 0.15) is 93.4 Å². The summed E-state index contributed by atoms with van der Waals surface area (Å²) in [6.07, 6.45) is 5.41. The second kappa shape index (κ2) is 11.3. The van der Waals surface area contributed by atoms with Crippen LogP contribution in [0.25, 0.3) is 0 Å². The van der Waals surface area contributed by atoms with Crippen molar-refractivity contribution >= 4 is 23.6 Å². The third-order valence-corrected chi connectivity index (χ3v) is 7.77. The maximum atomic E-state index is 13.9. The topological polar surface area (TPSA) is 108 Å². The molecular weight excluding hydrogens is 456 g/mol. The number of hydrogen-bond donors (Lipinski definition) is 3. The first-order chi connectivity index (χ1) is 16.6. The lowest BCUT2D eigenvalue weighted by Gasteiger charge is -2.41. The first kappa shape index (κ1) is 29.8. The van der Waals surface area contributed by atoms with Crippen molar-refractivity contribution in [2.24, 2.45) is 16.7 Å². The van der Waals surface area contributed by atoms with Crippen molar-refractivity contribution in [3.05, 3.63) is 12.2 Å². The number of rotatable bonds is 7. The van der Waals surface area contributed by atoms with Gasteiger partial charge in [0.2, 0.25) is 11.8 Å². The summed E-state index contributed by atoms with van der Waals surface area (Å²) in [5, 5.41) is 8.73. The quantitative estimate of drug-likeness (QED) is 0.456. The van der Waals surface area contributed by atoms with Crippen molar-refractivity contribution in [1.29, 1.82) is 0 Å². The molecule has 8 heteroatoms.